The lowest BCUT2D eigenvalue weighted by molar-refractivity contribution is -0.132. The molecule has 3 N–H and O–H groups in total. The zero-order chi connectivity index (χ0) is 15.6. The fourth-order valence-corrected chi connectivity index (χ4v) is 2.17. The smallest absolute Gasteiger partial charge is 0.338 e. The number of nitrogens with two attached hydrogens (primary N) is 1. The topological polar surface area (TPSA) is 102 Å². The number of rotatable bonds is 3. The van der Waals surface area contributed by atoms with Crippen LogP contribution in [0.15, 0.2) is 18.2 Å². The minimum atomic E-state index is -0.515. The number of ether oxygens (including phenoxy) is 1. The summed E-state index contributed by atoms with van der Waals surface area (Å²) in [6.45, 7) is 3.71. The molecule has 1 aliphatic rings. The quantitative estimate of drug-likeness (QED) is 0.472. The molecule has 1 aromatic carbocycles. The monoisotopic (exact) mass is 291 g/mol. The molecule has 1 atom stereocenters. The third-order valence-corrected chi connectivity index (χ3v) is 3.27. The van der Waals surface area contributed by atoms with Gasteiger partial charge in [0.2, 0.25) is 11.8 Å². The van der Waals surface area contributed by atoms with Gasteiger partial charge in [0, 0.05) is 0 Å². The molecule has 1 heterocycles. The van der Waals surface area contributed by atoms with E-state index in [-0.39, 0.29) is 25.0 Å². The Kier molecular flexibility index (Phi) is 4.11. The van der Waals surface area contributed by atoms with E-state index < -0.39 is 12.0 Å². The lowest BCUT2D eigenvalue weighted by Gasteiger charge is -2.34. The van der Waals surface area contributed by atoms with Crippen LogP contribution in [0, 0.1) is 0 Å². The Morgan fingerprint density at radius 3 is 2.81 bits per heavy atom. The number of amides is 2. The van der Waals surface area contributed by atoms with Crippen LogP contribution in [0.3, 0.4) is 0 Å². The Labute approximate surface area is 122 Å². The highest BCUT2D eigenvalue weighted by Gasteiger charge is 2.31. The first-order valence-electron chi connectivity index (χ1n) is 6.61. The third-order valence-electron chi connectivity index (χ3n) is 3.27. The van der Waals surface area contributed by atoms with E-state index in [1.54, 1.807) is 30.9 Å². The Morgan fingerprint density at radius 2 is 2.19 bits per heavy atom. The van der Waals surface area contributed by atoms with Crippen molar-refractivity contribution < 1.29 is 19.1 Å². The highest BCUT2D eigenvalue weighted by atomic mass is 16.5. The summed E-state index contributed by atoms with van der Waals surface area (Å²) >= 11 is 0. The van der Waals surface area contributed by atoms with E-state index in [4.69, 9.17) is 10.5 Å². The van der Waals surface area contributed by atoms with Gasteiger partial charge in [0.05, 0.1) is 30.1 Å². The molecule has 0 aliphatic carbocycles. The van der Waals surface area contributed by atoms with Gasteiger partial charge in [-0.05, 0) is 32.0 Å². The third kappa shape index (κ3) is 2.96. The molecule has 7 nitrogen and oxygen atoms in total. The summed E-state index contributed by atoms with van der Waals surface area (Å²) in [5, 5.41) is 2.26. The molecule has 0 bridgehead atoms. The van der Waals surface area contributed by atoms with Crippen LogP contribution in [0.4, 0.5) is 11.4 Å². The van der Waals surface area contributed by atoms with Crippen molar-refractivity contribution in [3.63, 3.8) is 0 Å². The zero-order valence-electron chi connectivity index (χ0n) is 11.9. The Morgan fingerprint density at radius 1 is 1.48 bits per heavy atom. The van der Waals surface area contributed by atoms with Crippen molar-refractivity contribution in [1.29, 1.82) is 0 Å². The number of hydrogen-bond acceptors (Lipinski definition) is 6. The summed E-state index contributed by atoms with van der Waals surface area (Å²) in [6.07, 6.45) is 0. The average molecular weight is 291 g/mol. The molecule has 7 heteroatoms. The molecule has 1 fully saturated rings. The lowest BCUT2D eigenvalue weighted by Crippen LogP contribution is -2.57. The molecular formula is C14H17N3O4. The van der Waals surface area contributed by atoms with E-state index in [0.717, 1.165) is 0 Å². The lowest BCUT2D eigenvalue weighted by atomic mass is 10.1. The summed E-state index contributed by atoms with van der Waals surface area (Å²) in [6, 6.07) is 4.15. The van der Waals surface area contributed by atoms with Gasteiger partial charge in [-0.3, -0.25) is 14.9 Å². The minimum Gasteiger partial charge on any atom is -0.462 e. The standard InChI is InChI=1S/C14H17N3O4/c1-3-21-14(20)9-4-5-11(10(15)6-9)17-7-12(18)16-13(19)8(17)2/h4-6,8H,3,7,15H2,1-2H3,(H,16,18,19). The molecule has 21 heavy (non-hydrogen) atoms. The van der Waals surface area contributed by atoms with Crippen LogP contribution in [0.1, 0.15) is 24.2 Å². The summed E-state index contributed by atoms with van der Waals surface area (Å²) < 4.78 is 4.90. The maximum absolute atomic E-state index is 11.7. The largest absolute Gasteiger partial charge is 0.462 e. The summed E-state index contributed by atoms with van der Waals surface area (Å²) in [5.41, 5.74) is 7.13. The van der Waals surface area contributed by atoms with Crippen molar-refractivity contribution in [3.8, 4) is 0 Å². The number of anilines is 2. The van der Waals surface area contributed by atoms with Gasteiger partial charge in [0.15, 0.2) is 0 Å². The number of carbonyl (C=O) groups excluding carboxylic acids is 3. The number of esters is 1. The van der Waals surface area contributed by atoms with Crippen LogP contribution in [-0.4, -0.2) is 37.0 Å². The molecule has 1 aromatic rings. The van der Waals surface area contributed by atoms with Crippen LogP contribution in [-0.2, 0) is 14.3 Å². The number of nitrogens with zero attached hydrogens (tertiary/aromatic N) is 1. The second-order valence-electron chi connectivity index (χ2n) is 4.71. The molecule has 1 aliphatic heterocycles. The van der Waals surface area contributed by atoms with E-state index in [9.17, 15) is 14.4 Å². The molecule has 112 valence electrons. The zero-order valence-corrected chi connectivity index (χ0v) is 11.9. The SMILES string of the molecule is CCOC(=O)c1ccc(N2CC(=O)NC(=O)C2C)c(N)c1. The molecule has 2 amide bonds. The second kappa shape index (κ2) is 5.82. The average Bonchev–Trinajstić information content (AvgIpc) is 2.43. The number of benzene rings is 1. The predicted molar refractivity (Wildman–Crippen MR) is 76.8 cm³/mol. The van der Waals surface area contributed by atoms with Crippen molar-refractivity contribution in [1.82, 2.24) is 5.32 Å². The molecule has 0 spiro atoms. The predicted octanol–water partition coefficient (Wildman–Crippen LogP) is 0.297. The van der Waals surface area contributed by atoms with Crippen molar-refractivity contribution >= 4 is 29.2 Å². The first kappa shape index (κ1) is 14.8. The highest BCUT2D eigenvalue weighted by Crippen LogP contribution is 2.27. The molecular weight excluding hydrogens is 274 g/mol. The number of hydrogen-bond donors (Lipinski definition) is 2. The summed E-state index contributed by atoms with van der Waals surface area (Å²) in [5.74, 6) is -1.22. The first-order chi connectivity index (χ1) is 9.93. The minimum absolute atomic E-state index is 0.0376. The molecule has 1 saturated heterocycles. The fraction of sp³-hybridized carbons (Fsp3) is 0.357. The van der Waals surface area contributed by atoms with Gasteiger partial charge in [0.25, 0.3) is 0 Å². The maximum Gasteiger partial charge on any atom is 0.338 e. The second-order valence-corrected chi connectivity index (χ2v) is 4.71. The first-order valence-corrected chi connectivity index (χ1v) is 6.61. The Bertz CT molecular complexity index is 600. The number of imide groups is 1. The molecule has 0 saturated carbocycles. The van der Waals surface area contributed by atoms with Crippen molar-refractivity contribution in [3.05, 3.63) is 23.8 Å². The summed E-state index contributed by atoms with van der Waals surface area (Å²) in [7, 11) is 0. The number of carbonyl (C=O) groups is 3. The maximum atomic E-state index is 11.7. The van der Waals surface area contributed by atoms with E-state index >= 15 is 0 Å². The van der Waals surface area contributed by atoms with Crippen molar-refractivity contribution in [2.75, 3.05) is 23.8 Å². The molecule has 0 radical (unpaired) electrons. The summed E-state index contributed by atoms with van der Waals surface area (Å²) in [4.78, 5) is 36.4. The van der Waals surface area contributed by atoms with Gasteiger partial charge in [-0.15, -0.1) is 0 Å². The number of nitrogen functional groups attached to an aromatic ring is 1. The fourth-order valence-electron chi connectivity index (χ4n) is 2.17. The van der Waals surface area contributed by atoms with Gasteiger partial charge in [-0.1, -0.05) is 0 Å². The van der Waals surface area contributed by atoms with E-state index in [2.05, 4.69) is 5.32 Å². The van der Waals surface area contributed by atoms with Gasteiger partial charge < -0.3 is 15.4 Å². The van der Waals surface area contributed by atoms with Crippen LogP contribution >= 0.6 is 0 Å². The normalized spacial score (nSPS) is 18.4. The van der Waals surface area contributed by atoms with Gasteiger partial charge in [-0.2, -0.15) is 0 Å². The Hall–Kier alpha value is -2.57. The van der Waals surface area contributed by atoms with Crippen molar-refractivity contribution in [2.24, 2.45) is 0 Å². The van der Waals surface area contributed by atoms with E-state index in [0.29, 0.717) is 16.9 Å². The van der Waals surface area contributed by atoms with Crippen molar-refractivity contribution in [2.45, 2.75) is 19.9 Å². The van der Waals surface area contributed by atoms with Gasteiger partial charge >= 0.3 is 5.97 Å². The van der Waals surface area contributed by atoms with E-state index in [1.807, 2.05) is 0 Å². The van der Waals surface area contributed by atoms with Crippen LogP contribution < -0.4 is 16.0 Å². The van der Waals surface area contributed by atoms with Gasteiger partial charge in [-0.25, -0.2) is 4.79 Å². The van der Waals surface area contributed by atoms with Crippen LogP contribution in [0.2, 0.25) is 0 Å². The molecule has 0 aromatic heterocycles. The number of nitrogens with one attached hydrogen (secondary N) is 1. The van der Waals surface area contributed by atoms with Crippen LogP contribution in [0.25, 0.3) is 0 Å². The number of piperazine rings is 1. The highest BCUT2D eigenvalue weighted by molar-refractivity contribution is 6.05. The van der Waals surface area contributed by atoms with Gasteiger partial charge in [0.1, 0.15) is 6.04 Å². The molecule has 1 unspecified atom stereocenters. The van der Waals surface area contributed by atoms with Crippen LogP contribution in [0.5, 0.6) is 0 Å². The Balaban J connectivity index is 2.30. The molecule has 2 rings (SSSR count). The van der Waals surface area contributed by atoms with E-state index in [1.165, 1.54) is 6.07 Å².